The van der Waals surface area contributed by atoms with Crippen LogP contribution < -0.4 is 20.1 Å². The van der Waals surface area contributed by atoms with Crippen LogP contribution in [0.3, 0.4) is 0 Å². The van der Waals surface area contributed by atoms with Crippen molar-refractivity contribution in [2.75, 3.05) is 77.2 Å². The SMILES string of the molecule is CN(C)C/C=C/C(=O)N1CCC(N2CCOc3c(Cl)c(-c4ccc(F)c5sc(N)c(C#N)c45)c(F)c4nc(OC[C@@]56CCCN5C[C@H](F)C6)nc2c34)C1. The van der Waals surface area contributed by atoms with Crippen LogP contribution in [0.15, 0.2) is 24.3 Å². The second-order valence-electron chi connectivity index (χ2n) is 14.4. The van der Waals surface area contributed by atoms with E-state index in [1.807, 2.05) is 36.0 Å². The zero-order valence-electron chi connectivity index (χ0n) is 29.3. The lowest BCUT2D eigenvalue weighted by molar-refractivity contribution is -0.125. The van der Waals surface area contributed by atoms with Gasteiger partial charge in [-0.1, -0.05) is 23.7 Å². The molecule has 4 aliphatic heterocycles. The maximum Gasteiger partial charge on any atom is 0.319 e. The van der Waals surface area contributed by atoms with E-state index in [1.54, 1.807) is 11.0 Å². The van der Waals surface area contributed by atoms with Gasteiger partial charge in [0.1, 0.15) is 47.6 Å². The van der Waals surface area contributed by atoms with Crippen LogP contribution in [0.25, 0.3) is 32.1 Å². The second kappa shape index (κ2) is 13.8. The zero-order valence-corrected chi connectivity index (χ0v) is 30.9. The lowest BCUT2D eigenvalue weighted by atomic mass is 9.95. The van der Waals surface area contributed by atoms with Gasteiger partial charge in [0.05, 0.1) is 32.8 Å². The minimum atomic E-state index is -0.971. The molecule has 4 aliphatic rings. The molecule has 2 N–H and O–H groups in total. The summed E-state index contributed by atoms with van der Waals surface area (Å²) in [6.45, 7) is 3.24. The van der Waals surface area contributed by atoms with Crippen LogP contribution in [0.5, 0.6) is 11.8 Å². The standard InChI is InChI=1S/C37H38ClF3N8O3S/c1-46(2)10-3-5-25(50)47-12-8-21(18-47)49-13-14-51-32-28-31(44-36(45-35(28)49)52-19-37-9-4-11-48(37)17-20(39)15-37)30(41)27(29(32)38)22-6-7-24(40)33-26(22)23(16-42)34(43)53-33/h3,5-7,20-21H,4,8-15,17-19,43H2,1-2H3/b5-3+/t20-,21?,37+/m1/s1. The van der Waals surface area contributed by atoms with E-state index in [0.717, 1.165) is 30.7 Å². The molecule has 3 atom stereocenters. The fourth-order valence-corrected chi connectivity index (χ4v) is 9.69. The summed E-state index contributed by atoms with van der Waals surface area (Å²) in [6, 6.07) is 4.29. The number of likely N-dealkylation sites (tertiary alicyclic amines) is 1. The Labute approximate surface area is 313 Å². The maximum atomic E-state index is 17.3. The Morgan fingerprint density at radius 3 is 2.87 bits per heavy atom. The van der Waals surface area contributed by atoms with Crippen LogP contribution in [0.1, 0.15) is 31.2 Å². The summed E-state index contributed by atoms with van der Waals surface area (Å²) < 4.78 is 59.7. The third kappa shape index (κ3) is 6.09. The van der Waals surface area contributed by atoms with E-state index >= 15 is 8.78 Å². The van der Waals surface area contributed by atoms with E-state index in [2.05, 4.69) is 9.88 Å². The Kier molecular flexibility index (Phi) is 9.29. The molecule has 3 saturated heterocycles. The maximum absolute atomic E-state index is 17.3. The highest BCUT2D eigenvalue weighted by molar-refractivity contribution is 7.23. The fraction of sp³-hybridized carbons (Fsp3) is 0.459. The van der Waals surface area contributed by atoms with Crippen LogP contribution >= 0.6 is 22.9 Å². The van der Waals surface area contributed by atoms with Crippen LogP contribution in [-0.2, 0) is 4.79 Å². The molecule has 2 aromatic heterocycles. The van der Waals surface area contributed by atoms with Gasteiger partial charge in [-0.25, -0.2) is 13.2 Å². The summed E-state index contributed by atoms with van der Waals surface area (Å²) >= 11 is 7.97. The van der Waals surface area contributed by atoms with Crippen molar-refractivity contribution in [1.29, 1.82) is 5.26 Å². The first-order valence-electron chi connectivity index (χ1n) is 17.6. The number of ether oxygens (including phenoxy) is 2. The highest BCUT2D eigenvalue weighted by Crippen LogP contribution is 2.51. The Morgan fingerprint density at radius 1 is 1.25 bits per heavy atom. The summed E-state index contributed by atoms with van der Waals surface area (Å²) in [5.74, 6) is -1.07. The van der Waals surface area contributed by atoms with E-state index in [9.17, 15) is 14.4 Å². The van der Waals surface area contributed by atoms with Crippen molar-refractivity contribution in [1.82, 2.24) is 24.7 Å². The van der Waals surface area contributed by atoms with Gasteiger partial charge in [-0.05, 0) is 51.5 Å². The minimum absolute atomic E-state index is 0.0143. The number of thiophene rings is 1. The number of likely N-dealkylation sites (N-methyl/N-ethyl adjacent to an activating group) is 1. The topological polar surface area (TPSA) is 124 Å². The van der Waals surface area contributed by atoms with E-state index in [4.69, 9.17) is 31.8 Å². The summed E-state index contributed by atoms with van der Waals surface area (Å²) in [6.07, 6.45) is 5.05. The molecule has 11 nitrogen and oxygen atoms in total. The molecule has 16 heteroatoms. The molecule has 0 saturated carbocycles. The number of amides is 1. The van der Waals surface area contributed by atoms with Crippen LogP contribution in [-0.4, -0.2) is 115 Å². The largest absolute Gasteiger partial charge is 0.489 e. The van der Waals surface area contributed by atoms with Gasteiger partial charge in [0, 0.05) is 55.7 Å². The number of halogens is 4. The predicted octanol–water partition coefficient (Wildman–Crippen LogP) is 5.77. The molecule has 0 aliphatic carbocycles. The number of hydrogen-bond donors (Lipinski definition) is 1. The number of carbonyl (C=O) groups excluding carboxylic acids is 1. The highest BCUT2D eigenvalue weighted by Gasteiger charge is 2.49. The average molecular weight is 767 g/mol. The molecule has 0 radical (unpaired) electrons. The molecular formula is C37H38ClF3N8O3S. The number of alkyl halides is 1. The van der Waals surface area contributed by atoms with Crippen LogP contribution in [0, 0.1) is 23.0 Å². The number of carbonyl (C=O) groups is 1. The van der Waals surface area contributed by atoms with Crippen molar-refractivity contribution in [2.45, 2.75) is 43.4 Å². The molecule has 0 spiro atoms. The van der Waals surface area contributed by atoms with Crippen LogP contribution in [0.2, 0.25) is 5.02 Å². The van der Waals surface area contributed by atoms with Crippen molar-refractivity contribution in [3.8, 4) is 29.0 Å². The Bertz CT molecular complexity index is 2210. The quantitative estimate of drug-likeness (QED) is 0.221. The summed E-state index contributed by atoms with van der Waals surface area (Å²) in [5.41, 5.74) is 5.51. The normalized spacial score (nSPS) is 23.0. The predicted molar refractivity (Wildman–Crippen MR) is 198 cm³/mol. The highest BCUT2D eigenvalue weighted by atomic mass is 35.5. The van der Waals surface area contributed by atoms with Crippen molar-refractivity contribution in [3.63, 3.8) is 0 Å². The number of nitrogens with two attached hydrogens (primary N) is 1. The van der Waals surface area contributed by atoms with E-state index in [-0.39, 0.29) is 84.6 Å². The first-order chi connectivity index (χ1) is 25.5. The molecule has 0 bridgehead atoms. The zero-order chi connectivity index (χ0) is 37.2. The average Bonchev–Trinajstić information content (AvgIpc) is 3.88. The number of anilines is 2. The Hall–Kier alpha value is -4.36. The van der Waals surface area contributed by atoms with Gasteiger partial charge in [-0.15, -0.1) is 11.3 Å². The van der Waals surface area contributed by atoms with Gasteiger partial charge < -0.3 is 29.9 Å². The van der Waals surface area contributed by atoms with Gasteiger partial charge in [-0.3, -0.25) is 9.69 Å². The molecule has 2 aromatic carbocycles. The summed E-state index contributed by atoms with van der Waals surface area (Å²) in [5, 5.41) is 10.4. The molecule has 6 heterocycles. The van der Waals surface area contributed by atoms with Crippen molar-refractivity contribution in [2.24, 2.45) is 0 Å². The smallest absolute Gasteiger partial charge is 0.319 e. The Balaban J connectivity index is 1.26. The number of benzene rings is 2. The van der Waals surface area contributed by atoms with Gasteiger partial charge in [0.15, 0.2) is 11.6 Å². The number of rotatable bonds is 8. The van der Waals surface area contributed by atoms with Crippen molar-refractivity contribution < 1.29 is 27.4 Å². The molecule has 8 rings (SSSR count). The van der Waals surface area contributed by atoms with Crippen molar-refractivity contribution in [3.05, 3.63) is 46.5 Å². The van der Waals surface area contributed by atoms with Gasteiger partial charge >= 0.3 is 6.01 Å². The lowest BCUT2D eigenvalue weighted by Gasteiger charge is -2.31. The molecule has 3 fully saturated rings. The first-order valence-corrected chi connectivity index (χ1v) is 18.8. The summed E-state index contributed by atoms with van der Waals surface area (Å²) in [7, 11) is 3.85. The monoisotopic (exact) mass is 766 g/mol. The van der Waals surface area contributed by atoms with E-state index < -0.39 is 23.3 Å². The molecule has 53 heavy (non-hydrogen) atoms. The third-order valence-electron chi connectivity index (χ3n) is 10.9. The number of nitrogen functional groups attached to an aromatic ring is 1. The van der Waals surface area contributed by atoms with Crippen molar-refractivity contribution >= 4 is 60.7 Å². The number of aromatic nitrogens is 2. The first kappa shape index (κ1) is 35.7. The number of hydrogen-bond acceptors (Lipinski definition) is 11. The lowest BCUT2D eigenvalue weighted by Crippen LogP contribution is -2.43. The van der Waals surface area contributed by atoms with Gasteiger partial charge in [0.25, 0.3) is 0 Å². The van der Waals surface area contributed by atoms with Crippen LogP contribution in [0.4, 0.5) is 24.0 Å². The number of fused-ring (bicyclic) bond motifs is 2. The molecule has 1 unspecified atom stereocenters. The summed E-state index contributed by atoms with van der Waals surface area (Å²) in [4.78, 5) is 30.4. The molecule has 1 amide bonds. The Morgan fingerprint density at radius 2 is 2.08 bits per heavy atom. The third-order valence-corrected chi connectivity index (χ3v) is 12.3. The molecular weight excluding hydrogens is 729 g/mol. The fourth-order valence-electron chi connectivity index (χ4n) is 8.41. The second-order valence-corrected chi connectivity index (χ2v) is 15.9. The van der Waals surface area contributed by atoms with E-state index in [1.165, 1.54) is 12.1 Å². The van der Waals surface area contributed by atoms with Gasteiger partial charge in [0.2, 0.25) is 5.91 Å². The number of nitrogens with zero attached hydrogens (tertiary/aromatic N) is 7. The molecule has 278 valence electrons. The molecule has 4 aromatic rings. The number of nitriles is 1. The van der Waals surface area contributed by atoms with Gasteiger partial charge in [-0.2, -0.15) is 15.2 Å². The van der Waals surface area contributed by atoms with E-state index in [0.29, 0.717) is 51.4 Å². The minimum Gasteiger partial charge on any atom is -0.489 e.